The summed E-state index contributed by atoms with van der Waals surface area (Å²) in [5.41, 5.74) is 2.59. The summed E-state index contributed by atoms with van der Waals surface area (Å²) in [4.78, 5) is 28.9. The van der Waals surface area contributed by atoms with Crippen LogP contribution in [0.15, 0.2) is 77.7 Å². The lowest BCUT2D eigenvalue weighted by Gasteiger charge is -2.33. The van der Waals surface area contributed by atoms with Gasteiger partial charge in [-0.1, -0.05) is 86.0 Å². The highest BCUT2D eigenvalue weighted by Crippen LogP contribution is 2.31. The molecule has 40 heavy (non-hydrogen) atoms. The van der Waals surface area contributed by atoms with E-state index in [4.69, 9.17) is 11.6 Å². The third-order valence-electron chi connectivity index (χ3n) is 6.81. The molecule has 0 unspecified atom stereocenters. The topological polar surface area (TPSA) is 86.8 Å². The molecule has 0 aliphatic heterocycles. The number of sulfonamides is 1. The van der Waals surface area contributed by atoms with Gasteiger partial charge in [0, 0.05) is 18.1 Å². The number of hydrogen-bond acceptors (Lipinski definition) is 4. The number of rotatable bonds is 13. The Kier molecular flexibility index (Phi) is 11.2. The summed E-state index contributed by atoms with van der Waals surface area (Å²) in [6, 6.07) is 20.0. The lowest BCUT2D eigenvalue weighted by Crippen LogP contribution is -2.52. The van der Waals surface area contributed by atoms with Crippen LogP contribution in [0.2, 0.25) is 5.02 Å². The number of hydrogen-bond donors (Lipinski definition) is 1. The molecule has 0 aliphatic rings. The van der Waals surface area contributed by atoms with Gasteiger partial charge in [-0.25, -0.2) is 8.42 Å². The van der Waals surface area contributed by atoms with Crippen LogP contribution in [-0.2, 0) is 26.2 Å². The van der Waals surface area contributed by atoms with Gasteiger partial charge < -0.3 is 10.2 Å². The second-order valence-electron chi connectivity index (χ2n) is 9.78. The Balaban J connectivity index is 2.06. The number of nitrogens with zero attached hydrogens (tertiary/aromatic N) is 2. The number of nitrogens with one attached hydrogen (secondary N) is 1. The molecule has 3 aromatic carbocycles. The zero-order valence-corrected chi connectivity index (χ0v) is 25.1. The minimum absolute atomic E-state index is 0.0595. The summed E-state index contributed by atoms with van der Waals surface area (Å²) in [5.74, 6) is -0.747. The van der Waals surface area contributed by atoms with Gasteiger partial charge in [0.25, 0.3) is 10.0 Å². The van der Waals surface area contributed by atoms with Gasteiger partial charge in [0.15, 0.2) is 0 Å². The lowest BCUT2D eigenvalue weighted by atomic mass is 10.1. The number of aryl methyl sites for hydroxylation is 1. The minimum atomic E-state index is -4.16. The van der Waals surface area contributed by atoms with Crippen LogP contribution >= 0.6 is 11.6 Å². The van der Waals surface area contributed by atoms with Crippen molar-refractivity contribution in [1.29, 1.82) is 0 Å². The predicted molar refractivity (Wildman–Crippen MR) is 161 cm³/mol. The molecule has 0 radical (unpaired) electrons. The fourth-order valence-electron chi connectivity index (χ4n) is 4.42. The van der Waals surface area contributed by atoms with E-state index in [1.165, 1.54) is 17.0 Å². The Hall–Kier alpha value is -3.36. The van der Waals surface area contributed by atoms with Crippen LogP contribution < -0.4 is 9.62 Å². The molecule has 1 N–H and O–H groups in total. The maximum atomic E-state index is 14.1. The Morgan fingerprint density at radius 1 is 0.925 bits per heavy atom. The Morgan fingerprint density at radius 3 is 2.23 bits per heavy atom. The van der Waals surface area contributed by atoms with E-state index in [-0.39, 0.29) is 17.3 Å². The molecule has 0 saturated carbocycles. The third kappa shape index (κ3) is 7.64. The largest absolute Gasteiger partial charge is 0.354 e. The minimum Gasteiger partial charge on any atom is -0.354 e. The number of halogens is 1. The molecule has 0 spiro atoms. The summed E-state index contributed by atoms with van der Waals surface area (Å²) >= 11 is 6.39. The van der Waals surface area contributed by atoms with Crippen molar-refractivity contribution in [2.75, 3.05) is 17.4 Å². The molecule has 2 amide bonds. The number of carbonyl (C=O) groups excluding carboxylic acids is 2. The molecule has 0 aliphatic carbocycles. The molecule has 7 nitrogen and oxygen atoms in total. The zero-order valence-electron chi connectivity index (χ0n) is 23.6. The van der Waals surface area contributed by atoms with E-state index in [1.54, 1.807) is 37.3 Å². The average molecular weight is 584 g/mol. The van der Waals surface area contributed by atoms with Crippen LogP contribution in [0, 0.1) is 13.8 Å². The molecule has 3 rings (SSSR count). The van der Waals surface area contributed by atoms with E-state index in [9.17, 15) is 18.0 Å². The number of amides is 2. The van der Waals surface area contributed by atoms with Crippen LogP contribution in [0.1, 0.15) is 49.8 Å². The van der Waals surface area contributed by atoms with Crippen molar-refractivity contribution in [3.63, 3.8) is 0 Å². The highest BCUT2D eigenvalue weighted by molar-refractivity contribution is 7.92. The molecule has 0 aromatic heterocycles. The van der Waals surface area contributed by atoms with E-state index >= 15 is 0 Å². The fourth-order valence-corrected chi connectivity index (χ4v) is 6.06. The smallest absolute Gasteiger partial charge is 0.264 e. The van der Waals surface area contributed by atoms with Gasteiger partial charge in [0.1, 0.15) is 12.6 Å². The molecule has 0 bridgehead atoms. The standard InChI is InChI=1S/C31H38ClN3O4S/c1-5-7-20-33-31(37)28(6-2)34(21-25-12-9-8-10-13-25)30(36)22-35(29-15-11-14-27(32)24(29)4)40(38,39)26-18-16-23(3)17-19-26/h8-19,28H,5-7,20-22H2,1-4H3,(H,33,37)/t28-/m0/s1. The van der Waals surface area contributed by atoms with Crippen molar-refractivity contribution in [3.8, 4) is 0 Å². The van der Waals surface area contributed by atoms with Gasteiger partial charge in [-0.15, -0.1) is 0 Å². The number of unbranched alkanes of at least 4 members (excludes halogenated alkanes) is 1. The average Bonchev–Trinajstić information content (AvgIpc) is 2.94. The van der Waals surface area contributed by atoms with Gasteiger partial charge in [0.05, 0.1) is 10.6 Å². The van der Waals surface area contributed by atoms with Gasteiger partial charge in [-0.2, -0.15) is 0 Å². The number of anilines is 1. The third-order valence-corrected chi connectivity index (χ3v) is 8.99. The summed E-state index contributed by atoms with van der Waals surface area (Å²) in [5, 5.41) is 3.32. The van der Waals surface area contributed by atoms with Crippen molar-refractivity contribution in [3.05, 3.63) is 94.5 Å². The second kappa shape index (κ2) is 14.3. The van der Waals surface area contributed by atoms with Crippen molar-refractivity contribution in [2.24, 2.45) is 0 Å². The quantitative estimate of drug-likeness (QED) is 0.255. The second-order valence-corrected chi connectivity index (χ2v) is 12.1. The first-order valence-corrected chi connectivity index (χ1v) is 15.4. The van der Waals surface area contributed by atoms with Gasteiger partial charge in [0.2, 0.25) is 11.8 Å². The van der Waals surface area contributed by atoms with E-state index in [2.05, 4.69) is 5.32 Å². The molecule has 214 valence electrons. The maximum absolute atomic E-state index is 14.1. The highest BCUT2D eigenvalue weighted by Gasteiger charge is 2.34. The monoisotopic (exact) mass is 583 g/mol. The summed E-state index contributed by atoms with van der Waals surface area (Å²) in [6.07, 6.45) is 2.12. The van der Waals surface area contributed by atoms with Crippen LogP contribution in [-0.4, -0.2) is 44.3 Å². The molecule has 0 saturated heterocycles. The van der Waals surface area contributed by atoms with Crippen LogP contribution in [0.25, 0.3) is 0 Å². The van der Waals surface area contributed by atoms with Gasteiger partial charge >= 0.3 is 0 Å². The normalized spacial score (nSPS) is 12.0. The van der Waals surface area contributed by atoms with Crippen molar-refractivity contribution >= 4 is 39.1 Å². The van der Waals surface area contributed by atoms with E-state index in [0.29, 0.717) is 29.2 Å². The van der Waals surface area contributed by atoms with Gasteiger partial charge in [-0.3, -0.25) is 13.9 Å². The molecule has 1 atom stereocenters. The van der Waals surface area contributed by atoms with Crippen LogP contribution in [0.4, 0.5) is 5.69 Å². The molecular weight excluding hydrogens is 546 g/mol. The Labute approximate surface area is 243 Å². The van der Waals surface area contributed by atoms with Crippen LogP contribution in [0.5, 0.6) is 0 Å². The Morgan fingerprint density at radius 2 is 1.60 bits per heavy atom. The van der Waals surface area contributed by atoms with Crippen LogP contribution in [0.3, 0.4) is 0 Å². The van der Waals surface area contributed by atoms with E-state index < -0.39 is 28.5 Å². The first-order valence-electron chi connectivity index (χ1n) is 13.6. The first-order chi connectivity index (χ1) is 19.1. The molecule has 3 aromatic rings. The van der Waals surface area contributed by atoms with Crippen molar-refractivity contribution < 1.29 is 18.0 Å². The molecule has 9 heteroatoms. The fraction of sp³-hybridized carbons (Fsp3) is 0.355. The molecule has 0 heterocycles. The maximum Gasteiger partial charge on any atom is 0.264 e. The summed E-state index contributed by atoms with van der Waals surface area (Å²) in [6.45, 7) is 7.64. The number of carbonyl (C=O) groups is 2. The first kappa shape index (κ1) is 31.2. The SMILES string of the molecule is CCCCNC(=O)[C@H](CC)N(Cc1ccccc1)C(=O)CN(c1cccc(Cl)c1C)S(=O)(=O)c1ccc(C)cc1. The van der Waals surface area contributed by atoms with Crippen molar-refractivity contribution in [1.82, 2.24) is 10.2 Å². The Bertz CT molecular complexity index is 1400. The predicted octanol–water partition coefficient (Wildman–Crippen LogP) is 5.88. The molecular formula is C31H38ClN3O4S. The van der Waals surface area contributed by atoms with Gasteiger partial charge in [-0.05, 0) is 62.1 Å². The molecule has 0 fully saturated rings. The zero-order chi connectivity index (χ0) is 29.3. The summed E-state index contributed by atoms with van der Waals surface area (Å²) < 4.78 is 29.1. The number of benzene rings is 3. The van der Waals surface area contributed by atoms with E-state index in [0.717, 1.165) is 28.3 Å². The highest BCUT2D eigenvalue weighted by atomic mass is 35.5. The van der Waals surface area contributed by atoms with Crippen molar-refractivity contribution in [2.45, 2.75) is 64.4 Å². The lowest BCUT2D eigenvalue weighted by molar-refractivity contribution is -0.140. The summed E-state index contributed by atoms with van der Waals surface area (Å²) in [7, 11) is -4.16. The van der Waals surface area contributed by atoms with E-state index in [1.807, 2.05) is 51.1 Å².